The summed E-state index contributed by atoms with van der Waals surface area (Å²) >= 11 is 1.65. The fraction of sp³-hybridized carbons (Fsp3) is 0.174. The third-order valence-electron chi connectivity index (χ3n) is 4.86. The molecule has 1 N–H and O–H groups in total. The Morgan fingerprint density at radius 3 is 2.79 bits per heavy atom. The summed E-state index contributed by atoms with van der Waals surface area (Å²) in [7, 11) is 1.84. The van der Waals surface area contributed by atoms with Gasteiger partial charge >= 0.3 is 0 Å². The zero-order chi connectivity index (χ0) is 19.5. The molecule has 142 valence electrons. The van der Waals surface area contributed by atoms with E-state index in [4.69, 9.17) is 4.74 Å². The Balaban J connectivity index is 1.60. The molecule has 1 amide bonds. The van der Waals surface area contributed by atoms with Crippen molar-refractivity contribution >= 4 is 28.1 Å². The van der Waals surface area contributed by atoms with Crippen LogP contribution in [0.4, 0.5) is 0 Å². The Kier molecular flexibility index (Phi) is 5.17. The molecule has 0 saturated carbocycles. The molecule has 0 radical (unpaired) electrons. The average Bonchev–Trinajstić information content (AvgIpc) is 3.37. The van der Waals surface area contributed by atoms with Crippen LogP contribution in [-0.2, 0) is 4.79 Å². The average molecular weight is 391 g/mol. The van der Waals surface area contributed by atoms with Crippen molar-refractivity contribution in [1.82, 2.24) is 9.88 Å². The van der Waals surface area contributed by atoms with Gasteiger partial charge in [0.2, 0.25) is 0 Å². The summed E-state index contributed by atoms with van der Waals surface area (Å²) in [6.07, 6.45) is 2.00. The number of thiophene rings is 1. The minimum atomic E-state index is -0.162. The number of amides is 1. The number of aryl methyl sites for hydroxylation is 1. The second-order valence-electron chi connectivity index (χ2n) is 6.82. The summed E-state index contributed by atoms with van der Waals surface area (Å²) in [4.78, 5) is 19.2. The van der Waals surface area contributed by atoms with Crippen molar-refractivity contribution in [3.63, 3.8) is 0 Å². The van der Waals surface area contributed by atoms with Crippen LogP contribution in [0, 0.1) is 6.92 Å². The Morgan fingerprint density at radius 1 is 1.14 bits per heavy atom. The third kappa shape index (κ3) is 3.66. The number of aromatic amines is 1. The van der Waals surface area contributed by atoms with Gasteiger partial charge in [-0.15, -0.1) is 11.3 Å². The number of nitrogens with zero attached hydrogens (tertiary/aromatic N) is 1. The minimum absolute atomic E-state index is 0.00415. The molecule has 0 spiro atoms. The largest absolute Gasteiger partial charge is 0.484 e. The van der Waals surface area contributed by atoms with Gasteiger partial charge in [-0.3, -0.25) is 4.79 Å². The van der Waals surface area contributed by atoms with Crippen molar-refractivity contribution in [2.24, 2.45) is 0 Å². The number of ether oxygens (including phenoxy) is 1. The Morgan fingerprint density at radius 2 is 2.00 bits per heavy atom. The Bertz CT molecular complexity index is 1080. The second-order valence-corrected chi connectivity index (χ2v) is 7.80. The number of aromatic nitrogens is 1. The van der Waals surface area contributed by atoms with Crippen molar-refractivity contribution in [2.45, 2.75) is 13.0 Å². The second kappa shape index (κ2) is 7.90. The molecule has 0 saturated heterocycles. The van der Waals surface area contributed by atoms with Gasteiger partial charge in [0.15, 0.2) is 6.61 Å². The lowest BCUT2D eigenvalue weighted by Gasteiger charge is -2.27. The molecule has 1 atom stereocenters. The summed E-state index contributed by atoms with van der Waals surface area (Å²) in [6, 6.07) is 19.8. The fourth-order valence-corrected chi connectivity index (χ4v) is 4.30. The van der Waals surface area contributed by atoms with Crippen LogP contribution >= 0.6 is 11.3 Å². The van der Waals surface area contributed by atoms with Gasteiger partial charge < -0.3 is 14.6 Å². The van der Waals surface area contributed by atoms with Crippen LogP contribution in [0.15, 0.2) is 72.2 Å². The monoisotopic (exact) mass is 390 g/mol. The predicted molar refractivity (Wildman–Crippen MR) is 114 cm³/mol. The molecule has 2 aromatic heterocycles. The molecule has 2 heterocycles. The summed E-state index contributed by atoms with van der Waals surface area (Å²) < 4.78 is 5.75. The zero-order valence-electron chi connectivity index (χ0n) is 15.9. The smallest absolute Gasteiger partial charge is 0.261 e. The molecular weight excluding hydrogens is 368 g/mol. The van der Waals surface area contributed by atoms with Crippen LogP contribution in [0.25, 0.3) is 10.9 Å². The van der Waals surface area contributed by atoms with Crippen LogP contribution < -0.4 is 4.74 Å². The lowest BCUT2D eigenvalue weighted by atomic mass is 10.0. The maximum atomic E-state index is 13.0. The van der Waals surface area contributed by atoms with Crippen molar-refractivity contribution in [2.75, 3.05) is 13.7 Å². The number of fused-ring (bicyclic) bond motifs is 1. The first-order chi connectivity index (χ1) is 13.6. The molecule has 0 bridgehead atoms. The van der Waals surface area contributed by atoms with E-state index in [1.807, 2.05) is 74.1 Å². The maximum Gasteiger partial charge on any atom is 0.261 e. The molecule has 0 fully saturated rings. The third-order valence-corrected chi connectivity index (χ3v) is 5.79. The molecule has 0 unspecified atom stereocenters. The van der Waals surface area contributed by atoms with E-state index >= 15 is 0 Å². The molecule has 28 heavy (non-hydrogen) atoms. The van der Waals surface area contributed by atoms with Gasteiger partial charge in [0, 0.05) is 34.6 Å². The van der Waals surface area contributed by atoms with E-state index in [-0.39, 0.29) is 18.6 Å². The molecule has 2 aromatic carbocycles. The van der Waals surface area contributed by atoms with Gasteiger partial charge in [0.1, 0.15) is 5.75 Å². The number of hydrogen-bond acceptors (Lipinski definition) is 3. The lowest BCUT2D eigenvalue weighted by molar-refractivity contribution is -0.133. The SMILES string of the molecule is Cc1cccc(OCC(=O)N(C)[C@@H](c2cccs2)c2c[nH]c3ccccc23)c1. The van der Waals surface area contributed by atoms with E-state index in [1.54, 1.807) is 16.2 Å². The number of benzene rings is 2. The van der Waals surface area contributed by atoms with Crippen molar-refractivity contribution in [1.29, 1.82) is 0 Å². The highest BCUT2D eigenvalue weighted by atomic mass is 32.1. The standard InChI is InChI=1S/C23H22N2O2S/c1-16-7-5-8-17(13-16)27-15-22(26)25(2)23(21-11-6-12-28-21)19-14-24-20-10-4-3-9-18(19)20/h3-14,23-24H,15H2,1-2H3/t23-/m1/s1. The molecule has 4 nitrogen and oxygen atoms in total. The van der Waals surface area contributed by atoms with E-state index < -0.39 is 0 Å². The number of rotatable bonds is 6. The van der Waals surface area contributed by atoms with Crippen molar-refractivity contribution in [3.05, 3.63) is 88.2 Å². The predicted octanol–water partition coefficient (Wildman–Crippen LogP) is 5.16. The number of carbonyl (C=O) groups excluding carboxylic acids is 1. The van der Waals surface area contributed by atoms with Crippen LogP contribution in [0.1, 0.15) is 22.0 Å². The zero-order valence-corrected chi connectivity index (χ0v) is 16.7. The Hall–Kier alpha value is -3.05. The highest BCUT2D eigenvalue weighted by Crippen LogP contribution is 2.35. The summed E-state index contributed by atoms with van der Waals surface area (Å²) in [5.41, 5.74) is 3.26. The molecule has 0 aliphatic carbocycles. The Labute approximate surface area is 168 Å². The first kappa shape index (κ1) is 18.3. The molecule has 5 heteroatoms. The first-order valence-corrected chi connectivity index (χ1v) is 10.1. The summed E-state index contributed by atoms with van der Waals surface area (Å²) in [6.45, 7) is 2.01. The molecule has 0 aliphatic heterocycles. The van der Waals surface area contributed by atoms with Gasteiger partial charge in [-0.05, 0) is 42.1 Å². The maximum absolute atomic E-state index is 13.0. The number of likely N-dealkylation sites (N-methyl/N-ethyl adjacent to an activating group) is 1. The van der Waals surface area contributed by atoms with E-state index in [9.17, 15) is 4.79 Å². The van der Waals surface area contributed by atoms with Gasteiger partial charge in [-0.2, -0.15) is 0 Å². The minimum Gasteiger partial charge on any atom is -0.484 e. The van der Waals surface area contributed by atoms with Crippen LogP contribution in [0.2, 0.25) is 0 Å². The van der Waals surface area contributed by atoms with Crippen molar-refractivity contribution in [3.8, 4) is 5.75 Å². The van der Waals surface area contributed by atoms with Gasteiger partial charge in [0.05, 0.1) is 6.04 Å². The quantitative estimate of drug-likeness (QED) is 0.494. The van der Waals surface area contributed by atoms with Crippen molar-refractivity contribution < 1.29 is 9.53 Å². The van der Waals surface area contributed by atoms with Gasteiger partial charge in [-0.25, -0.2) is 0 Å². The van der Waals surface area contributed by atoms with E-state index in [0.29, 0.717) is 5.75 Å². The highest BCUT2D eigenvalue weighted by molar-refractivity contribution is 7.10. The van der Waals surface area contributed by atoms with E-state index in [1.165, 1.54) is 0 Å². The highest BCUT2D eigenvalue weighted by Gasteiger charge is 2.27. The number of hydrogen-bond donors (Lipinski definition) is 1. The van der Waals surface area contributed by atoms with Gasteiger partial charge in [-0.1, -0.05) is 36.4 Å². The molecular formula is C23H22N2O2S. The van der Waals surface area contributed by atoms with Crippen LogP contribution in [0.3, 0.4) is 0 Å². The normalized spacial score (nSPS) is 12.1. The molecule has 4 rings (SSSR count). The molecule has 0 aliphatic rings. The van der Waals surface area contributed by atoms with Gasteiger partial charge in [0.25, 0.3) is 5.91 Å². The first-order valence-electron chi connectivity index (χ1n) is 9.18. The fourth-order valence-electron chi connectivity index (χ4n) is 3.42. The number of nitrogens with one attached hydrogen (secondary N) is 1. The lowest BCUT2D eigenvalue weighted by Crippen LogP contribution is -2.35. The summed E-state index contributed by atoms with van der Waals surface area (Å²) in [5.74, 6) is 0.645. The van der Waals surface area contributed by atoms with E-state index in [2.05, 4.69) is 17.1 Å². The number of H-pyrrole nitrogens is 1. The number of carbonyl (C=O) groups is 1. The van der Waals surface area contributed by atoms with Crippen LogP contribution in [0.5, 0.6) is 5.75 Å². The summed E-state index contributed by atoms with van der Waals surface area (Å²) in [5, 5.41) is 3.17. The number of para-hydroxylation sites is 1. The van der Waals surface area contributed by atoms with Crippen LogP contribution in [-0.4, -0.2) is 29.4 Å². The molecule has 4 aromatic rings. The van der Waals surface area contributed by atoms with E-state index in [0.717, 1.165) is 26.9 Å². The topological polar surface area (TPSA) is 45.3 Å².